The van der Waals surface area contributed by atoms with E-state index in [2.05, 4.69) is 25.7 Å². The first kappa shape index (κ1) is 21.5. The zero-order valence-electron chi connectivity index (χ0n) is 15.3. The molecule has 1 saturated heterocycles. The first-order chi connectivity index (χ1) is 13.4. The van der Waals surface area contributed by atoms with Crippen molar-refractivity contribution >= 4 is 27.5 Å². The van der Waals surface area contributed by atoms with E-state index in [1.807, 2.05) is 24.3 Å². The molecule has 3 rings (SSSR count). The van der Waals surface area contributed by atoms with Gasteiger partial charge in [0, 0.05) is 48.8 Å². The van der Waals surface area contributed by atoms with Crippen molar-refractivity contribution in [1.29, 1.82) is 0 Å². The molecule has 28 heavy (non-hydrogen) atoms. The van der Waals surface area contributed by atoms with E-state index in [1.165, 1.54) is 5.56 Å². The molecule has 1 aliphatic heterocycles. The summed E-state index contributed by atoms with van der Waals surface area (Å²) in [5.41, 5.74) is 1.21. The molecule has 1 heterocycles. The monoisotopic (exact) mass is 474 g/mol. The summed E-state index contributed by atoms with van der Waals surface area (Å²) < 4.78 is 33.0. The van der Waals surface area contributed by atoms with Crippen LogP contribution in [0.3, 0.4) is 0 Å². The average molecular weight is 476 g/mol. The number of ether oxygens (including phenoxy) is 1. The summed E-state index contributed by atoms with van der Waals surface area (Å²) in [4.78, 5) is 4.47. The highest BCUT2D eigenvalue weighted by molar-refractivity contribution is 9.10. The highest BCUT2D eigenvalue weighted by Gasteiger charge is 2.20. The molecule has 1 atom stereocenters. The Kier molecular flexibility index (Phi) is 7.65. The molecule has 0 aromatic heterocycles. The minimum Gasteiger partial charge on any atom is -0.485 e. The van der Waals surface area contributed by atoms with Crippen molar-refractivity contribution in [3.63, 3.8) is 0 Å². The number of hydrogen-bond donors (Lipinski definition) is 1. The highest BCUT2D eigenvalue weighted by atomic mass is 79.9. The van der Waals surface area contributed by atoms with Gasteiger partial charge >= 0.3 is 0 Å². The summed E-state index contributed by atoms with van der Waals surface area (Å²) >= 11 is 8.93. The molecule has 4 nitrogen and oxygen atoms in total. The van der Waals surface area contributed by atoms with Crippen LogP contribution in [0, 0.1) is 11.6 Å². The van der Waals surface area contributed by atoms with Crippen LogP contribution in [-0.4, -0.2) is 60.3 Å². The fraction of sp³-hybridized carbons (Fsp3) is 0.400. The number of aliphatic hydroxyl groups is 1. The van der Waals surface area contributed by atoms with Gasteiger partial charge in [-0.25, -0.2) is 8.78 Å². The maximum absolute atomic E-state index is 13.8. The zero-order valence-corrected chi connectivity index (χ0v) is 17.6. The first-order valence-electron chi connectivity index (χ1n) is 9.05. The van der Waals surface area contributed by atoms with Gasteiger partial charge in [0.1, 0.15) is 12.7 Å². The minimum absolute atomic E-state index is 0.166. The topological polar surface area (TPSA) is 35.9 Å². The van der Waals surface area contributed by atoms with E-state index in [9.17, 15) is 13.9 Å². The summed E-state index contributed by atoms with van der Waals surface area (Å²) in [5, 5.41) is 10.9. The van der Waals surface area contributed by atoms with Crippen molar-refractivity contribution < 1.29 is 18.6 Å². The summed E-state index contributed by atoms with van der Waals surface area (Å²) in [7, 11) is 0. The summed E-state index contributed by atoms with van der Waals surface area (Å²) in [6.45, 7) is 4.48. The van der Waals surface area contributed by atoms with Crippen molar-refractivity contribution in [2.24, 2.45) is 0 Å². The van der Waals surface area contributed by atoms with Gasteiger partial charge in [0.2, 0.25) is 0 Å². The smallest absolute Gasteiger partial charge is 0.190 e. The zero-order chi connectivity index (χ0) is 20.1. The Morgan fingerprint density at radius 3 is 2.21 bits per heavy atom. The minimum atomic E-state index is -0.828. The van der Waals surface area contributed by atoms with Gasteiger partial charge in [-0.2, -0.15) is 0 Å². The molecular formula is C20H22BrClF2N2O2. The van der Waals surface area contributed by atoms with Crippen molar-refractivity contribution in [2.75, 3.05) is 39.3 Å². The maximum atomic E-state index is 13.8. The van der Waals surface area contributed by atoms with Gasteiger partial charge in [0.05, 0.1) is 0 Å². The molecule has 8 heteroatoms. The van der Waals surface area contributed by atoms with Gasteiger partial charge in [-0.3, -0.25) is 9.80 Å². The predicted octanol–water partition coefficient (Wildman–Crippen LogP) is 3.94. The van der Waals surface area contributed by atoms with Gasteiger partial charge in [-0.15, -0.1) is 0 Å². The van der Waals surface area contributed by atoms with Gasteiger partial charge in [0.25, 0.3) is 0 Å². The Morgan fingerprint density at radius 1 is 1.04 bits per heavy atom. The summed E-state index contributed by atoms with van der Waals surface area (Å²) in [6.07, 6.45) is -0.828. The summed E-state index contributed by atoms with van der Waals surface area (Å²) in [6, 6.07) is 10.1. The lowest BCUT2D eigenvalue weighted by molar-refractivity contribution is 0.0428. The molecular weight excluding hydrogens is 454 g/mol. The molecule has 0 bridgehead atoms. The second kappa shape index (κ2) is 9.98. The number of nitrogens with zero attached hydrogens (tertiary/aromatic N) is 2. The molecule has 0 amide bonds. The molecule has 2 aromatic rings. The fourth-order valence-corrected chi connectivity index (χ4v) is 3.70. The largest absolute Gasteiger partial charge is 0.485 e. The molecule has 1 aliphatic rings. The SMILES string of the molecule is O[C@H](COc1c(F)cc(Br)cc1F)CN1CCN(Cc2ccc(Cl)cc2)CC1. The van der Waals surface area contributed by atoms with Crippen LogP contribution < -0.4 is 4.74 Å². The van der Waals surface area contributed by atoms with E-state index >= 15 is 0 Å². The van der Waals surface area contributed by atoms with Crippen LogP contribution in [-0.2, 0) is 6.54 Å². The molecule has 0 saturated carbocycles. The van der Waals surface area contributed by atoms with Crippen LogP contribution in [0.5, 0.6) is 5.75 Å². The maximum Gasteiger partial charge on any atom is 0.190 e. The molecule has 1 fully saturated rings. The standard InChI is InChI=1S/C20H22BrClF2N2O2/c21-15-9-18(23)20(19(24)10-15)28-13-17(27)12-26-7-5-25(6-8-26)11-14-1-3-16(22)4-2-14/h1-4,9-10,17,27H,5-8,11-13H2/t17-/m0/s1. The van der Waals surface area contributed by atoms with Crippen molar-refractivity contribution in [3.8, 4) is 5.75 Å². The van der Waals surface area contributed by atoms with Crippen LogP contribution in [0.1, 0.15) is 5.56 Å². The van der Waals surface area contributed by atoms with E-state index in [1.54, 1.807) is 0 Å². The number of aliphatic hydroxyl groups excluding tert-OH is 1. The van der Waals surface area contributed by atoms with Crippen LogP contribution in [0.15, 0.2) is 40.9 Å². The molecule has 152 valence electrons. The van der Waals surface area contributed by atoms with Crippen molar-refractivity contribution in [1.82, 2.24) is 9.80 Å². The van der Waals surface area contributed by atoms with E-state index in [0.717, 1.165) is 49.9 Å². The van der Waals surface area contributed by atoms with Gasteiger partial charge < -0.3 is 9.84 Å². The number of halogens is 4. The molecule has 2 aromatic carbocycles. The number of benzene rings is 2. The molecule has 1 N–H and O–H groups in total. The van der Waals surface area contributed by atoms with E-state index in [4.69, 9.17) is 16.3 Å². The van der Waals surface area contributed by atoms with Crippen LogP contribution in [0.25, 0.3) is 0 Å². The fourth-order valence-electron chi connectivity index (χ4n) is 3.18. The predicted molar refractivity (Wildman–Crippen MR) is 109 cm³/mol. The van der Waals surface area contributed by atoms with Gasteiger partial charge in [0.15, 0.2) is 17.4 Å². The molecule has 0 spiro atoms. The number of rotatable bonds is 7. The Balaban J connectivity index is 1.41. The third-order valence-electron chi connectivity index (χ3n) is 4.64. The second-order valence-electron chi connectivity index (χ2n) is 6.87. The number of β-amino-alcohol motifs (C(OH)–C–C–N with tert-alkyl or cyclic N) is 1. The highest BCUT2D eigenvalue weighted by Crippen LogP contribution is 2.26. The Labute approximate surface area is 176 Å². The van der Waals surface area contributed by atoms with Gasteiger partial charge in [-0.05, 0) is 29.8 Å². The third kappa shape index (κ3) is 6.12. The Hall–Kier alpha value is -1.25. The van der Waals surface area contributed by atoms with E-state index in [0.29, 0.717) is 11.0 Å². The third-order valence-corrected chi connectivity index (χ3v) is 5.35. The van der Waals surface area contributed by atoms with Crippen LogP contribution in [0.4, 0.5) is 8.78 Å². The Morgan fingerprint density at radius 2 is 1.61 bits per heavy atom. The average Bonchev–Trinajstić information content (AvgIpc) is 2.64. The lowest BCUT2D eigenvalue weighted by Gasteiger charge is -2.35. The van der Waals surface area contributed by atoms with E-state index in [-0.39, 0.29) is 6.61 Å². The van der Waals surface area contributed by atoms with E-state index < -0.39 is 23.5 Å². The normalized spacial score (nSPS) is 16.9. The Bertz CT molecular complexity index is 763. The lowest BCUT2D eigenvalue weighted by atomic mass is 10.2. The number of hydrogen-bond acceptors (Lipinski definition) is 4. The second-order valence-corrected chi connectivity index (χ2v) is 8.22. The summed E-state index contributed by atoms with van der Waals surface area (Å²) in [5.74, 6) is -2.06. The molecule has 0 aliphatic carbocycles. The van der Waals surface area contributed by atoms with Gasteiger partial charge in [-0.1, -0.05) is 39.7 Å². The molecule has 0 unspecified atom stereocenters. The van der Waals surface area contributed by atoms with Crippen molar-refractivity contribution in [2.45, 2.75) is 12.6 Å². The van der Waals surface area contributed by atoms with Crippen LogP contribution in [0.2, 0.25) is 5.02 Å². The lowest BCUT2D eigenvalue weighted by Crippen LogP contribution is -2.48. The molecule has 0 radical (unpaired) electrons. The first-order valence-corrected chi connectivity index (χ1v) is 10.2. The van der Waals surface area contributed by atoms with Crippen LogP contribution >= 0.6 is 27.5 Å². The van der Waals surface area contributed by atoms with Crippen molar-refractivity contribution in [3.05, 3.63) is 63.1 Å². The number of piperazine rings is 1. The quantitative estimate of drug-likeness (QED) is 0.658.